The summed E-state index contributed by atoms with van der Waals surface area (Å²) in [6.07, 6.45) is -3.53. The Bertz CT molecular complexity index is 370. The largest absolute Gasteiger partial charge is 0.419 e. The first-order chi connectivity index (χ1) is 6.88. The van der Waals surface area contributed by atoms with Crippen LogP contribution in [0.5, 0.6) is 0 Å². The topological polar surface area (TPSA) is 26.0 Å². The molecule has 0 aliphatic rings. The summed E-state index contributed by atoms with van der Waals surface area (Å²) in [6.45, 7) is 3.30. The smallest absolute Gasteiger partial charge is 0.321 e. The number of benzene rings is 1. The molecule has 5 heteroatoms. The number of rotatable bonds is 2. The molecule has 2 N–H and O–H groups in total. The number of hydrogen-bond donors (Lipinski definition) is 1. The molecule has 1 aromatic rings. The molecule has 0 saturated heterocycles. The van der Waals surface area contributed by atoms with Gasteiger partial charge in [0.05, 0.1) is 11.6 Å². The van der Waals surface area contributed by atoms with Crippen molar-refractivity contribution in [3.63, 3.8) is 0 Å². The van der Waals surface area contributed by atoms with E-state index < -0.39 is 23.6 Å². The average molecular weight is 219 g/mol. The Morgan fingerprint density at radius 3 is 2.40 bits per heavy atom. The van der Waals surface area contributed by atoms with E-state index in [4.69, 9.17) is 5.73 Å². The van der Waals surface area contributed by atoms with Crippen LogP contribution in [-0.2, 0) is 6.18 Å². The third-order valence-corrected chi connectivity index (χ3v) is 1.95. The molecule has 0 saturated carbocycles. The van der Waals surface area contributed by atoms with E-state index in [1.807, 2.05) is 0 Å². The Kier molecular flexibility index (Phi) is 3.14. The normalized spacial score (nSPS) is 13.7. The highest BCUT2D eigenvalue weighted by molar-refractivity contribution is 5.31. The highest BCUT2D eigenvalue weighted by Crippen LogP contribution is 2.33. The minimum Gasteiger partial charge on any atom is -0.321 e. The van der Waals surface area contributed by atoms with Gasteiger partial charge < -0.3 is 5.73 Å². The Morgan fingerprint density at radius 2 is 1.93 bits per heavy atom. The van der Waals surface area contributed by atoms with Gasteiger partial charge in [-0.05, 0) is 6.07 Å². The standard InChI is InChI=1S/C10H9F4N/c1-2-8(15)6-4-3-5-7(9(6)11)10(12,13)14/h2-5,8H,1,15H2/t8-/m1/s1. The van der Waals surface area contributed by atoms with Crippen molar-refractivity contribution in [2.45, 2.75) is 12.2 Å². The van der Waals surface area contributed by atoms with E-state index in [9.17, 15) is 17.6 Å². The van der Waals surface area contributed by atoms with Crippen LogP contribution >= 0.6 is 0 Å². The lowest BCUT2D eigenvalue weighted by atomic mass is 10.0. The van der Waals surface area contributed by atoms with Crippen molar-refractivity contribution in [3.05, 3.63) is 47.8 Å². The first kappa shape index (κ1) is 11.7. The van der Waals surface area contributed by atoms with Gasteiger partial charge in [0.1, 0.15) is 5.82 Å². The summed E-state index contributed by atoms with van der Waals surface area (Å²) < 4.78 is 50.2. The quantitative estimate of drug-likeness (QED) is 0.600. The van der Waals surface area contributed by atoms with Crippen molar-refractivity contribution in [2.24, 2.45) is 5.73 Å². The molecule has 0 unspecified atom stereocenters. The van der Waals surface area contributed by atoms with Gasteiger partial charge in [-0.3, -0.25) is 0 Å². The molecule has 0 radical (unpaired) electrons. The fourth-order valence-corrected chi connectivity index (χ4v) is 1.15. The molecule has 0 spiro atoms. The van der Waals surface area contributed by atoms with Gasteiger partial charge in [-0.25, -0.2) is 4.39 Å². The Labute approximate surface area is 84.2 Å². The zero-order valence-electron chi connectivity index (χ0n) is 7.68. The second kappa shape index (κ2) is 4.02. The lowest BCUT2D eigenvalue weighted by Gasteiger charge is -2.13. The van der Waals surface area contributed by atoms with Crippen molar-refractivity contribution >= 4 is 0 Å². The van der Waals surface area contributed by atoms with Crippen LogP contribution in [0.3, 0.4) is 0 Å². The highest BCUT2D eigenvalue weighted by atomic mass is 19.4. The zero-order chi connectivity index (χ0) is 11.6. The Hall–Kier alpha value is -1.36. The molecule has 1 rings (SSSR count). The highest BCUT2D eigenvalue weighted by Gasteiger charge is 2.35. The fraction of sp³-hybridized carbons (Fsp3) is 0.200. The minimum absolute atomic E-state index is 0.208. The van der Waals surface area contributed by atoms with E-state index in [0.29, 0.717) is 6.07 Å². The number of halogens is 4. The van der Waals surface area contributed by atoms with Crippen LogP contribution in [0.25, 0.3) is 0 Å². The molecule has 82 valence electrons. The zero-order valence-corrected chi connectivity index (χ0v) is 7.68. The van der Waals surface area contributed by atoms with Gasteiger partial charge >= 0.3 is 6.18 Å². The van der Waals surface area contributed by atoms with Gasteiger partial charge in [-0.2, -0.15) is 13.2 Å². The summed E-state index contributed by atoms with van der Waals surface area (Å²) in [5.74, 6) is -1.34. The van der Waals surface area contributed by atoms with Crippen LogP contribution in [0.2, 0.25) is 0 Å². The lowest BCUT2D eigenvalue weighted by Crippen LogP contribution is -2.14. The summed E-state index contributed by atoms with van der Waals surface area (Å²) in [7, 11) is 0. The Balaban J connectivity index is 3.29. The SMILES string of the molecule is C=C[C@@H](N)c1cccc(C(F)(F)F)c1F. The van der Waals surface area contributed by atoms with E-state index >= 15 is 0 Å². The molecule has 1 aromatic carbocycles. The van der Waals surface area contributed by atoms with E-state index in [2.05, 4.69) is 6.58 Å². The van der Waals surface area contributed by atoms with Crippen LogP contribution in [0, 0.1) is 5.82 Å². The second-order valence-electron chi connectivity index (χ2n) is 2.97. The van der Waals surface area contributed by atoms with Gasteiger partial charge in [0.25, 0.3) is 0 Å². The maximum atomic E-state index is 13.4. The van der Waals surface area contributed by atoms with Crippen molar-refractivity contribution in [2.75, 3.05) is 0 Å². The predicted octanol–water partition coefficient (Wildman–Crippen LogP) is 3.03. The van der Waals surface area contributed by atoms with Crippen LogP contribution in [0.1, 0.15) is 17.2 Å². The molecule has 0 aromatic heterocycles. The molecule has 0 aliphatic heterocycles. The summed E-state index contributed by atoms with van der Waals surface area (Å²) in [4.78, 5) is 0. The third kappa shape index (κ3) is 2.36. The van der Waals surface area contributed by atoms with Crippen molar-refractivity contribution in [1.82, 2.24) is 0 Å². The van der Waals surface area contributed by atoms with Crippen molar-refractivity contribution < 1.29 is 17.6 Å². The maximum absolute atomic E-state index is 13.4. The maximum Gasteiger partial charge on any atom is 0.419 e. The first-order valence-corrected chi connectivity index (χ1v) is 4.11. The molecule has 1 atom stereocenters. The van der Waals surface area contributed by atoms with Crippen LogP contribution in [-0.4, -0.2) is 0 Å². The monoisotopic (exact) mass is 219 g/mol. The van der Waals surface area contributed by atoms with Crippen LogP contribution in [0.4, 0.5) is 17.6 Å². The van der Waals surface area contributed by atoms with E-state index in [1.165, 1.54) is 12.1 Å². The second-order valence-corrected chi connectivity index (χ2v) is 2.97. The molecule has 0 fully saturated rings. The number of hydrogen-bond acceptors (Lipinski definition) is 1. The predicted molar refractivity (Wildman–Crippen MR) is 48.5 cm³/mol. The summed E-state index contributed by atoms with van der Waals surface area (Å²) >= 11 is 0. The molecule has 1 nitrogen and oxygen atoms in total. The molecule has 0 amide bonds. The van der Waals surface area contributed by atoms with Gasteiger partial charge in [0.15, 0.2) is 0 Å². The number of nitrogens with two attached hydrogens (primary N) is 1. The van der Waals surface area contributed by atoms with Gasteiger partial charge in [-0.15, -0.1) is 6.58 Å². The van der Waals surface area contributed by atoms with Crippen LogP contribution in [0.15, 0.2) is 30.9 Å². The lowest BCUT2D eigenvalue weighted by molar-refractivity contribution is -0.140. The minimum atomic E-state index is -4.71. The molecule has 0 aliphatic carbocycles. The third-order valence-electron chi connectivity index (χ3n) is 1.95. The van der Waals surface area contributed by atoms with Crippen LogP contribution < -0.4 is 5.73 Å². The summed E-state index contributed by atoms with van der Waals surface area (Å²) in [5.41, 5.74) is 3.87. The Morgan fingerprint density at radius 1 is 1.33 bits per heavy atom. The van der Waals surface area contributed by atoms with Gasteiger partial charge in [0.2, 0.25) is 0 Å². The number of alkyl halides is 3. The summed E-state index contributed by atoms with van der Waals surface area (Å²) in [5, 5.41) is 0. The fourth-order valence-electron chi connectivity index (χ4n) is 1.15. The van der Waals surface area contributed by atoms with Gasteiger partial charge in [0, 0.05) is 5.56 Å². The molecule has 15 heavy (non-hydrogen) atoms. The van der Waals surface area contributed by atoms with E-state index in [-0.39, 0.29) is 5.56 Å². The molecule has 0 heterocycles. The average Bonchev–Trinajstić information content (AvgIpc) is 2.15. The van der Waals surface area contributed by atoms with E-state index in [1.54, 1.807) is 0 Å². The van der Waals surface area contributed by atoms with Crippen molar-refractivity contribution in [1.29, 1.82) is 0 Å². The van der Waals surface area contributed by atoms with E-state index in [0.717, 1.165) is 6.07 Å². The van der Waals surface area contributed by atoms with Crippen molar-refractivity contribution in [3.8, 4) is 0 Å². The molecular weight excluding hydrogens is 210 g/mol. The van der Waals surface area contributed by atoms with Gasteiger partial charge in [-0.1, -0.05) is 18.2 Å². The molecule has 0 bridgehead atoms. The molecular formula is C10H9F4N. The summed E-state index contributed by atoms with van der Waals surface area (Å²) in [6, 6.07) is 2.06. The first-order valence-electron chi connectivity index (χ1n) is 4.11.